The minimum atomic E-state index is -4.94. The summed E-state index contributed by atoms with van der Waals surface area (Å²) < 4.78 is 59.3. The smallest absolute Gasteiger partial charge is 0.447 e. The van der Waals surface area contributed by atoms with Crippen molar-refractivity contribution in [3.05, 3.63) is 29.6 Å². The normalized spacial score (nSPS) is 27.4. The maximum Gasteiger partial charge on any atom is 0.573 e. The topological polar surface area (TPSA) is 67.9 Å². The summed E-state index contributed by atoms with van der Waals surface area (Å²) in [7, 11) is 0. The monoisotopic (exact) mass is 416 g/mol. The molecule has 0 radical (unpaired) electrons. The number of cyclic esters (lactones) is 1. The first-order valence-electron chi connectivity index (χ1n) is 9.43. The lowest BCUT2D eigenvalue weighted by molar-refractivity contribution is -0.275. The molecule has 0 unspecified atom stereocenters. The fourth-order valence-corrected chi connectivity index (χ4v) is 4.44. The van der Waals surface area contributed by atoms with Crippen LogP contribution in [0.4, 0.5) is 22.4 Å². The number of hydrogen-bond donors (Lipinski definition) is 1. The Bertz CT molecular complexity index is 815. The number of carbonyl (C=O) groups is 2. The molecule has 2 heterocycles. The third-order valence-corrected chi connectivity index (χ3v) is 5.93. The molecule has 1 aliphatic carbocycles. The third kappa shape index (κ3) is 4.11. The maximum atomic E-state index is 13.9. The quantitative estimate of drug-likeness (QED) is 0.768. The number of amides is 2. The molecule has 1 saturated carbocycles. The van der Waals surface area contributed by atoms with Crippen LogP contribution in [0.3, 0.4) is 0 Å². The van der Waals surface area contributed by atoms with Crippen LogP contribution in [0.2, 0.25) is 0 Å². The van der Waals surface area contributed by atoms with Crippen molar-refractivity contribution in [1.29, 1.82) is 0 Å². The van der Waals surface area contributed by atoms with Gasteiger partial charge in [-0.05, 0) is 49.3 Å². The average molecular weight is 416 g/mol. The number of benzene rings is 1. The summed E-state index contributed by atoms with van der Waals surface area (Å²) in [6.07, 6.45) is -3.07. The molecule has 4 rings (SSSR count). The number of ether oxygens (including phenoxy) is 2. The highest BCUT2D eigenvalue weighted by molar-refractivity contribution is 5.81. The van der Waals surface area contributed by atoms with Gasteiger partial charge in [0, 0.05) is 19.0 Å². The summed E-state index contributed by atoms with van der Waals surface area (Å²) in [5, 5.41) is 2.76. The fourth-order valence-electron chi connectivity index (χ4n) is 4.44. The number of nitrogens with one attached hydrogen (secondary N) is 1. The number of halogens is 4. The van der Waals surface area contributed by atoms with Gasteiger partial charge in [-0.2, -0.15) is 0 Å². The molecular formula is C19H20F4N2O4. The molecule has 0 bridgehead atoms. The van der Waals surface area contributed by atoms with Crippen LogP contribution >= 0.6 is 0 Å². The van der Waals surface area contributed by atoms with Gasteiger partial charge in [0.05, 0.1) is 5.54 Å². The first-order valence-corrected chi connectivity index (χ1v) is 9.43. The predicted octanol–water partition coefficient (Wildman–Crippen LogP) is 3.32. The van der Waals surface area contributed by atoms with E-state index in [1.54, 1.807) is 4.90 Å². The number of piperidine rings is 1. The van der Waals surface area contributed by atoms with E-state index in [1.807, 2.05) is 0 Å². The molecule has 0 aromatic heterocycles. The number of carbonyl (C=O) groups excluding carboxylic acids is 2. The zero-order valence-corrected chi connectivity index (χ0v) is 15.4. The van der Waals surface area contributed by atoms with Gasteiger partial charge in [-0.3, -0.25) is 4.79 Å². The van der Waals surface area contributed by atoms with Crippen LogP contribution in [0.5, 0.6) is 5.75 Å². The third-order valence-electron chi connectivity index (χ3n) is 5.93. The SMILES string of the molecule is O=C1N[C@]2(CO1)C[C@H](C(=O)N1CCC(c3ccc(OC(F)(F)F)c(F)c3)CC1)C2. The molecule has 10 heteroatoms. The number of rotatable bonds is 3. The van der Waals surface area contributed by atoms with Crippen LogP contribution in [-0.4, -0.2) is 48.5 Å². The van der Waals surface area contributed by atoms with E-state index >= 15 is 0 Å². The Balaban J connectivity index is 1.30. The van der Waals surface area contributed by atoms with Crippen molar-refractivity contribution in [2.24, 2.45) is 5.92 Å². The molecule has 2 amide bonds. The minimum absolute atomic E-state index is 0.0373. The van der Waals surface area contributed by atoms with Gasteiger partial charge in [0.1, 0.15) is 6.61 Å². The van der Waals surface area contributed by atoms with E-state index in [-0.39, 0.29) is 24.3 Å². The van der Waals surface area contributed by atoms with Crippen molar-refractivity contribution in [2.75, 3.05) is 19.7 Å². The molecule has 2 saturated heterocycles. The molecule has 3 aliphatic rings. The van der Waals surface area contributed by atoms with Gasteiger partial charge in [0.25, 0.3) is 0 Å². The molecule has 2 aliphatic heterocycles. The summed E-state index contributed by atoms with van der Waals surface area (Å²) in [6, 6.07) is 3.49. The number of likely N-dealkylation sites (tertiary alicyclic amines) is 1. The van der Waals surface area contributed by atoms with Crippen molar-refractivity contribution >= 4 is 12.0 Å². The Labute approximate surface area is 164 Å². The van der Waals surface area contributed by atoms with Crippen molar-refractivity contribution in [3.63, 3.8) is 0 Å². The molecule has 6 nitrogen and oxygen atoms in total. The maximum absolute atomic E-state index is 13.9. The Morgan fingerprint density at radius 3 is 2.48 bits per heavy atom. The van der Waals surface area contributed by atoms with E-state index in [9.17, 15) is 27.2 Å². The van der Waals surface area contributed by atoms with Crippen LogP contribution in [0.15, 0.2) is 18.2 Å². The number of hydrogen-bond acceptors (Lipinski definition) is 4. The van der Waals surface area contributed by atoms with Crippen molar-refractivity contribution in [1.82, 2.24) is 10.2 Å². The first kappa shape index (κ1) is 19.8. The zero-order valence-electron chi connectivity index (χ0n) is 15.4. The van der Waals surface area contributed by atoms with E-state index in [0.29, 0.717) is 44.3 Å². The van der Waals surface area contributed by atoms with E-state index in [0.717, 1.165) is 12.1 Å². The van der Waals surface area contributed by atoms with Crippen LogP contribution in [0.25, 0.3) is 0 Å². The van der Waals surface area contributed by atoms with Gasteiger partial charge in [-0.15, -0.1) is 13.2 Å². The summed E-state index contributed by atoms with van der Waals surface area (Å²) in [5.74, 6) is -2.06. The molecular weight excluding hydrogens is 396 g/mol. The fraction of sp³-hybridized carbons (Fsp3) is 0.579. The van der Waals surface area contributed by atoms with Crippen molar-refractivity contribution in [2.45, 2.75) is 43.5 Å². The Kier molecular flexibility index (Phi) is 4.82. The molecule has 158 valence electrons. The molecule has 0 atom stereocenters. The van der Waals surface area contributed by atoms with Gasteiger partial charge < -0.3 is 19.7 Å². The standard InChI is InChI=1S/C19H20F4N2O4/c20-14-7-12(1-2-15(14)29-19(21,22)23)11-3-5-25(6-4-11)16(26)13-8-18(9-13)10-28-17(27)24-18/h1-2,7,11,13H,3-6,8-10H2,(H,24,27)/t13-,18+. The van der Waals surface area contributed by atoms with E-state index < -0.39 is 29.6 Å². The Morgan fingerprint density at radius 1 is 1.24 bits per heavy atom. The number of alkyl carbamates (subject to hydrolysis) is 1. The second-order valence-electron chi connectivity index (χ2n) is 7.92. The van der Waals surface area contributed by atoms with Gasteiger partial charge in [-0.1, -0.05) is 6.07 Å². The van der Waals surface area contributed by atoms with E-state index in [4.69, 9.17) is 4.74 Å². The summed E-state index contributed by atoms with van der Waals surface area (Å²) in [6.45, 7) is 1.29. The molecule has 1 aromatic carbocycles. The van der Waals surface area contributed by atoms with Crippen LogP contribution in [-0.2, 0) is 9.53 Å². The van der Waals surface area contributed by atoms with Gasteiger partial charge in [0.15, 0.2) is 11.6 Å². The van der Waals surface area contributed by atoms with E-state index in [1.165, 1.54) is 6.07 Å². The molecule has 3 fully saturated rings. The number of alkyl halides is 3. The van der Waals surface area contributed by atoms with Crippen molar-refractivity contribution < 1.29 is 36.6 Å². The molecule has 1 aromatic rings. The van der Waals surface area contributed by atoms with Crippen LogP contribution < -0.4 is 10.1 Å². The summed E-state index contributed by atoms with van der Waals surface area (Å²) >= 11 is 0. The highest BCUT2D eigenvalue weighted by atomic mass is 19.4. The average Bonchev–Trinajstić information content (AvgIpc) is 3.03. The lowest BCUT2D eigenvalue weighted by Gasteiger charge is -2.45. The summed E-state index contributed by atoms with van der Waals surface area (Å²) in [4.78, 5) is 25.6. The second-order valence-corrected chi connectivity index (χ2v) is 7.92. The summed E-state index contributed by atoms with van der Waals surface area (Å²) in [5.41, 5.74) is 0.186. The van der Waals surface area contributed by atoms with Crippen molar-refractivity contribution in [3.8, 4) is 5.75 Å². The van der Waals surface area contributed by atoms with Gasteiger partial charge in [0.2, 0.25) is 5.91 Å². The lowest BCUT2D eigenvalue weighted by Crippen LogP contribution is -2.58. The zero-order chi connectivity index (χ0) is 20.8. The predicted molar refractivity (Wildman–Crippen MR) is 91.6 cm³/mol. The lowest BCUT2D eigenvalue weighted by atomic mass is 9.68. The number of nitrogens with zero attached hydrogens (tertiary/aromatic N) is 1. The largest absolute Gasteiger partial charge is 0.573 e. The van der Waals surface area contributed by atoms with Gasteiger partial charge >= 0.3 is 12.5 Å². The van der Waals surface area contributed by atoms with Crippen LogP contribution in [0.1, 0.15) is 37.2 Å². The molecule has 1 N–H and O–H groups in total. The Hall–Kier alpha value is -2.52. The van der Waals surface area contributed by atoms with Crippen LogP contribution in [0, 0.1) is 11.7 Å². The highest BCUT2D eigenvalue weighted by Gasteiger charge is 2.53. The second kappa shape index (κ2) is 7.07. The van der Waals surface area contributed by atoms with Gasteiger partial charge in [-0.25, -0.2) is 9.18 Å². The minimum Gasteiger partial charge on any atom is -0.447 e. The molecule has 29 heavy (non-hydrogen) atoms. The molecule has 1 spiro atoms. The first-order chi connectivity index (χ1) is 13.6. The van der Waals surface area contributed by atoms with E-state index in [2.05, 4.69) is 10.1 Å². The Morgan fingerprint density at radius 2 is 1.93 bits per heavy atom. The highest BCUT2D eigenvalue weighted by Crippen LogP contribution is 2.42.